The number of primary sulfonamides is 1. The van der Waals surface area contributed by atoms with Crippen molar-refractivity contribution < 1.29 is 13.2 Å². The third kappa shape index (κ3) is 4.08. The fourth-order valence-corrected chi connectivity index (χ4v) is 2.67. The van der Waals surface area contributed by atoms with Gasteiger partial charge in [-0.1, -0.05) is 18.2 Å². The summed E-state index contributed by atoms with van der Waals surface area (Å²) in [5, 5.41) is 14.5. The molecule has 0 bridgehead atoms. The number of hydrogen-bond acceptors (Lipinski definition) is 5. The van der Waals surface area contributed by atoms with Crippen LogP contribution >= 0.6 is 0 Å². The number of benzene rings is 1. The fourth-order valence-electron chi connectivity index (χ4n) is 2.16. The third-order valence-corrected chi connectivity index (χ3v) is 4.38. The molecule has 0 atom stereocenters. The Morgan fingerprint density at radius 3 is 2.52 bits per heavy atom. The minimum atomic E-state index is -3.72. The molecule has 0 saturated heterocycles. The minimum Gasteiger partial charge on any atom is -0.347 e. The van der Waals surface area contributed by atoms with Crippen molar-refractivity contribution in [1.82, 2.24) is 20.5 Å². The van der Waals surface area contributed by atoms with Crippen molar-refractivity contribution in [3.05, 3.63) is 66.0 Å². The van der Waals surface area contributed by atoms with Crippen LogP contribution < -0.4 is 10.5 Å². The van der Waals surface area contributed by atoms with Gasteiger partial charge in [-0.25, -0.2) is 13.6 Å². The van der Waals surface area contributed by atoms with E-state index in [0.717, 1.165) is 5.56 Å². The number of aromatic nitrogens is 3. The van der Waals surface area contributed by atoms with Crippen molar-refractivity contribution >= 4 is 15.9 Å². The van der Waals surface area contributed by atoms with Crippen LogP contribution in [0.2, 0.25) is 0 Å². The van der Waals surface area contributed by atoms with Gasteiger partial charge >= 0.3 is 0 Å². The van der Waals surface area contributed by atoms with Crippen LogP contribution in [0.4, 0.5) is 0 Å². The van der Waals surface area contributed by atoms with Crippen LogP contribution in [0, 0.1) is 0 Å². The van der Waals surface area contributed by atoms with Crippen LogP contribution in [0.5, 0.6) is 0 Å². The molecule has 1 aromatic carbocycles. The smallest absolute Gasteiger partial charge is 0.269 e. The average Bonchev–Trinajstić information content (AvgIpc) is 3.10. The standard InChI is InChI=1S/C16H15N5O3S/c17-25(23,24)12-6-4-11(5-7-12)10-19-16(22)15-9-14(20-21-15)13-3-1-2-8-18-13/h1-9H,10H2,(H,19,22)(H,20,21)(H2,17,23,24). The maximum atomic E-state index is 12.2. The summed E-state index contributed by atoms with van der Waals surface area (Å²) in [6, 6.07) is 13.0. The van der Waals surface area contributed by atoms with Gasteiger partial charge in [0.2, 0.25) is 10.0 Å². The number of carbonyl (C=O) groups excluding carboxylic acids is 1. The van der Waals surface area contributed by atoms with Crippen molar-refractivity contribution in [2.45, 2.75) is 11.4 Å². The van der Waals surface area contributed by atoms with Crippen molar-refractivity contribution in [2.24, 2.45) is 5.14 Å². The van der Waals surface area contributed by atoms with Gasteiger partial charge in [-0.05, 0) is 35.9 Å². The molecule has 2 aromatic heterocycles. The molecule has 8 nitrogen and oxygen atoms in total. The van der Waals surface area contributed by atoms with Gasteiger partial charge in [0, 0.05) is 12.7 Å². The van der Waals surface area contributed by atoms with Gasteiger partial charge in [0.25, 0.3) is 5.91 Å². The molecule has 0 aliphatic carbocycles. The molecule has 0 saturated carbocycles. The molecule has 0 aliphatic heterocycles. The summed E-state index contributed by atoms with van der Waals surface area (Å²) in [4.78, 5) is 16.4. The Balaban J connectivity index is 1.64. The highest BCUT2D eigenvalue weighted by molar-refractivity contribution is 7.89. The second-order valence-corrected chi connectivity index (χ2v) is 6.81. The minimum absolute atomic E-state index is 0.0242. The molecule has 2 heterocycles. The number of nitrogens with zero attached hydrogens (tertiary/aromatic N) is 2. The number of sulfonamides is 1. The summed E-state index contributed by atoms with van der Waals surface area (Å²) in [5.74, 6) is -0.329. The lowest BCUT2D eigenvalue weighted by molar-refractivity contribution is 0.0946. The Bertz CT molecular complexity index is 982. The van der Waals surface area contributed by atoms with E-state index in [1.165, 1.54) is 12.1 Å². The van der Waals surface area contributed by atoms with E-state index in [1.807, 2.05) is 6.07 Å². The van der Waals surface area contributed by atoms with Crippen LogP contribution in [0.1, 0.15) is 16.1 Å². The number of aromatic amines is 1. The van der Waals surface area contributed by atoms with E-state index in [4.69, 9.17) is 5.14 Å². The maximum absolute atomic E-state index is 12.2. The van der Waals surface area contributed by atoms with Gasteiger partial charge < -0.3 is 5.32 Å². The number of nitrogens with one attached hydrogen (secondary N) is 2. The van der Waals surface area contributed by atoms with Crippen molar-refractivity contribution in [2.75, 3.05) is 0 Å². The molecule has 4 N–H and O–H groups in total. The number of pyridine rings is 1. The van der Waals surface area contributed by atoms with E-state index in [2.05, 4.69) is 20.5 Å². The molecule has 0 fully saturated rings. The average molecular weight is 357 g/mol. The summed E-state index contributed by atoms with van der Waals surface area (Å²) >= 11 is 0. The van der Waals surface area contributed by atoms with Crippen molar-refractivity contribution in [3.63, 3.8) is 0 Å². The SMILES string of the molecule is NS(=O)(=O)c1ccc(CNC(=O)c2cc(-c3ccccn3)n[nH]2)cc1. The lowest BCUT2D eigenvalue weighted by Crippen LogP contribution is -2.23. The molecule has 0 spiro atoms. The Hall–Kier alpha value is -3.04. The molecule has 128 valence electrons. The Morgan fingerprint density at radius 2 is 1.88 bits per heavy atom. The number of amides is 1. The van der Waals surface area contributed by atoms with Gasteiger partial charge in [0.1, 0.15) is 11.4 Å². The molecular weight excluding hydrogens is 342 g/mol. The van der Waals surface area contributed by atoms with Crippen LogP contribution in [-0.4, -0.2) is 29.5 Å². The number of carbonyl (C=O) groups is 1. The third-order valence-electron chi connectivity index (χ3n) is 3.45. The zero-order chi connectivity index (χ0) is 17.9. The van der Waals surface area contributed by atoms with Gasteiger partial charge in [0.05, 0.1) is 10.6 Å². The first-order valence-electron chi connectivity index (χ1n) is 7.30. The zero-order valence-electron chi connectivity index (χ0n) is 13.0. The number of H-pyrrole nitrogens is 1. The molecule has 25 heavy (non-hydrogen) atoms. The molecule has 3 aromatic rings. The lowest BCUT2D eigenvalue weighted by Gasteiger charge is -2.04. The molecule has 0 unspecified atom stereocenters. The summed E-state index contributed by atoms with van der Waals surface area (Å²) in [5.41, 5.74) is 2.28. The van der Waals surface area contributed by atoms with E-state index in [-0.39, 0.29) is 17.3 Å². The molecule has 9 heteroatoms. The molecule has 3 rings (SSSR count). The first-order chi connectivity index (χ1) is 11.9. The van der Waals surface area contributed by atoms with Crippen LogP contribution in [0.15, 0.2) is 59.6 Å². The Kier molecular flexibility index (Phi) is 4.59. The summed E-state index contributed by atoms with van der Waals surface area (Å²) in [6.45, 7) is 0.238. The zero-order valence-corrected chi connectivity index (χ0v) is 13.8. The van der Waals surface area contributed by atoms with E-state index in [1.54, 1.807) is 36.5 Å². The van der Waals surface area contributed by atoms with Crippen molar-refractivity contribution in [1.29, 1.82) is 0 Å². The van der Waals surface area contributed by atoms with E-state index in [9.17, 15) is 13.2 Å². The van der Waals surface area contributed by atoms with Crippen LogP contribution in [0.25, 0.3) is 11.4 Å². The van der Waals surface area contributed by atoms with Crippen LogP contribution in [-0.2, 0) is 16.6 Å². The van der Waals surface area contributed by atoms with E-state index < -0.39 is 10.0 Å². The molecule has 0 aliphatic rings. The molecule has 0 radical (unpaired) electrons. The van der Waals surface area contributed by atoms with E-state index >= 15 is 0 Å². The largest absolute Gasteiger partial charge is 0.347 e. The highest BCUT2D eigenvalue weighted by atomic mass is 32.2. The first-order valence-corrected chi connectivity index (χ1v) is 8.85. The van der Waals surface area contributed by atoms with Crippen LogP contribution in [0.3, 0.4) is 0 Å². The monoisotopic (exact) mass is 357 g/mol. The molecular formula is C16H15N5O3S. The molecule has 1 amide bonds. The fraction of sp³-hybridized carbons (Fsp3) is 0.0625. The van der Waals surface area contributed by atoms with Gasteiger partial charge in [0.15, 0.2) is 0 Å². The highest BCUT2D eigenvalue weighted by Crippen LogP contribution is 2.14. The summed E-state index contributed by atoms with van der Waals surface area (Å²) < 4.78 is 22.4. The maximum Gasteiger partial charge on any atom is 0.269 e. The number of nitrogens with two attached hydrogens (primary N) is 1. The highest BCUT2D eigenvalue weighted by Gasteiger charge is 2.12. The van der Waals surface area contributed by atoms with Gasteiger partial charge in [-0.3, -0.25) is 14.9 Å². The normalized spacial score (nSPS) is 11.2. The second-order valence-electron chi connectivity index (χ2n) is 5.25. The van der Waals surface area contributed by atoms with Gasteiger partial charge in [-0.2, -0.15) is 5.10 Å². The number of rotatable bonds is 5. The summed E-state index contributed by atoms with van der Waals surface area (Å²) in [7, 11) is -3.72. The predicted molar refractivity (Wildman–Crippen MR) is 90.8 cm³/mol. The Labute approximate surface area is 144 Å². The number of hydrogen-bond donors (Lipinski definition) is 3. The quantitative estimate of drug-likeness (QED) is 0.628. The predicted octanol–water partition coefficient (Wildman–Crippen LogP) is 1.05. The Morgan fingerprint density at radius 1 is 1.12 bits per heavy atom. The first kappa shape index (κ1) is 16.8. The second kappa shape index (κ2) is 6.83. The van der Waals surface area contributed by atoms with Gasteiger partial charge in [-0.15, -0.1) is 0 Å². The summed E-state index contributed by atoms with van der Waals surface area (Å²) in [6.07, 6.45) is 1.65. The van der Waals surface area contributed by atoms with Crippen molar-refractivity contribution in [3.8, 4) is 11.4 Å². The topological polar surface area (TPSA) is 131 Å². The van der Waals surface area contributed by atoms with E-state index in [0.29, 0.717) is 17.1 Å². The lowest BCUT2D eigenvalue weighted by atomic mass is 10.2.